The molecular formula is C18H18ClNO4. The molecule has 0 unspecified atom stereocenters. The van der Waals surface area contributed by atoms with Gasteiger partial charge in [0.1, 0.15) is 5.75 Å². The number of anilines is 1. The minimum Gasteiger partial charge on any atom is -0.478 e. The van der Waals surface area contributed by atoms with Crippen LogP contribution in [0.5, 0.6) is 5.75 Å². The maximum Gasteiger partial charge on any atom is 0.347 e. The summed E-state index contributed by atoms with van der Waals surface area (Å²) in [7, 11) is 0. The number of benzene rings is 2. The lowest BCUT2D eigenvalue weighted by Crippen LogP contribution is -2.37. The van der Waals surface area contributed by atoms with Crippen LogP contribution in [0.25, 0.3) is 0 Å². The first kappa shape index (κ1) is 17.8. The predicted molar refractivity (Wildman–Crippen MR) is 92.9 cm³/mol. The van der Waals surface area contributed by atoms with Crippen molar-refractivity contribution < 1.29 is 19.4 Å². The number of rotatable bonds is 5. The Morgan fingerprint density at radius 3 is 2.33 bits per heavy atom. The van der Waals surface area contributed by atoms with Gasteiger partial charge in [0, 0.05) is 16.3 Å². The Hall–Kier alpha value is -2.53. The van der Waals surface area contributed by atoms with Gasteiger partial charge in [-0.2, -0.15) is 0 Å². The standard InChI is InChI=1S/C18H18ClNO4/c1-11-14(19)5-4-6-15(11)20-16(21)12-7-9-13(10-8-12)24-18(2,3)17(22)23/h4-10H,1-3H3,(H,20,21)(H,22,23). The van der Waals surface area contributed by atoms with Crippen LogP contribution in [0, 0.1) is 6.92 Å². The zero-order valence-electron chi connectivity index (χ0n) is 13.6. The van der Waals surface area contributed by atoms with Gasteiger partial charge in [-0.25, -0.2) is 4.79 Å². The topological polar surface area (TPSA) is 75.6 Å². The molecule has 5 nitrogen and oxygen atoms in total. The summed E-state index contributed by atoms with van der Waals surface area (Å²) in [4.78, 5) is 23.4. The van der Waals surface area contributed by atoms with E-state index in [1.165, 1.54) is 13.8 Å². The van der Waals surface area contributed by atoms with Crippen LogP contribution in [0.1, 0.15) is 29.8 Å². The monoisotopic (exact) mass is 347 g/mol. The Kier molecular flexibility index (Phi) is 5.14. The molecule has 2 aromatic carbocycles. The van der Waals surface area contributed by atoms with Crippen molar-refractivity contribution in [3.63, 3.8) is 0 Å². The average molecular weight is 348 g/mol. The summed E-state index contributed by atoms with van der Waals surface area (Å²) in [6.45, 7) is 4.73. The number of nitrogens with one attached hydrogen (secondary N) is 1. The summed E-state index contributed by atoms with van der Waals surface area (Å²) >= 11 is 6.04. The molecule has 0 heterocycles. The van der Waals surface area contributed by atoms with Crippen LogP contribution in [0.4, 0.5) is 5.69 Å². The quantitative estimate of drug-likeness (QED) is 0.852. The van der Waals surface area contributed by atoms with Crippen molar-refractivity contribution in [2.45, 2.75) is 26.4 Å². The lowest BCUT2D eigenvalue weighted by Gasteiger charge is -2.21. The molecule has 0 saturated carbocycles. The molecule has 0 aliphatic heterocycles. The van der Waals surface area contributed by atoms with Crippen molar-refractivity contribution >= 4 is 29.2 Å². The predicted octanol–water partition coefficient (Wildman–Crippen LogP) is 4.14. The first-order valence-electron chi connectivity index (χ1n) is 7.29. The summed E-state index contributed by atoms with van der Waals surface area (Å²) in [6.07, 6.45) is 0. The van der Waals surface area contributed by atoms with Crippen molar-refractivity contribution in [1.82, 2.24) is 0 Å². The summed E-state index contributed by atoms with van der Waals surface area (Å²) in [5.74, 6) is -0.983. The minimum atomic E-state index is -1.35. The van der Waals surface area contributed by atoms with Crippen LogP contribution in [0.15, 0.2) is 42.5 Å². The number of carbonyl (C=O) groups is 2. The van der Waals surface area contributed by atoms with Gasteiger partial charge in [0.25, 0.3) is 5.91 Å². The van der Waals surface area contributed by atoms with Crippen molar-refractivity contribution in [3.8, 4) is 5.75 Å². The molecule has 0 spiro atoms. The molecule has 126 valence electrons. The summed E-state index contributed by atoms with van der Waals surface area (Å²) < 4.78 is 5.40. The van der Waals surface area contributed by atoms with Crippen molar-refractivity contribution in [3.05, 3.63) is 58.6 Å². The Labute approximate surface area is 145 Å². The van der Waals surface area contributed by atoms with E-state index in [9.17, 15) is 9.59 Å². The fraction of sp³-hybridized carbons (Fsp3) is 0.222. The Balaban J connectivity index is 2.11. The molecule has 1 amide bonds. The number of hydrogen-bond donors (Lipinski definition) is 2. The molecule has 0 atom stereocenters. The molecule has 6 heteroatoms. The summed E-state index contributed by atoms with van der Waals surface area (Å²) in [6, 6.07) is 11.5. The maximum absolute atomic E-state index is 12.3. The number of amides is 1. The van der Waals surface area contributed by atoms with E-state index in [1.54, 1.807) is 42.5 Å². The molecule has 2 rings (SSSR count). The normalized spacial score (nSPS) is 11.0. The van der Waals surface area contributed by atoms with Crippen molar-refractivity contribution in [1.29, 1.82) is 0 Å². The molecule has 0 aromatic heterocycles. The van der Waals surface area contributed by atoms with Crippen LogP contribution >= 0.6 is 11.6 Å². The summed E-state index contributed by atoms with van der Waals surface area (Å²) in [5, 5.41) is 12.4. The van der Waals surface area contributed by atoms with E-state index in [0.717, 1.165) is 5.56 Å². The first-order chi connectivity index (χ1) is 11.2. The second-order valence-electron chi connectivity index (χ2n) is 5.81. The molecule has 2 aromatic rings. The third kappa shape index (κ3) is 4.06. The third-order valence-corrected chi connectivity index (χ3v) is 3.93. The van der Waals surface area contributed by atoms with Gasteiger partial charge in [-0.3, -0.25) is 4.79 Å². The number of carboxylic acids is 1. The van der Waals surface area contributed by atoms with Gasteiger partial charge in [0.15, 0.2) is 5.60 Å². The highest BCUT2D eigenvalue weighted by atomic mass is 35.5. The van der Waals surface area contributed by atoms with Gasteiger partial charge < -0.3 is 15.2 Å². The van der Waals surface area contributed by atoms with E-state index in [2.05, 4.69) is 5.32 Å². The molecule has 0 bridgehead atoms. The van der Waals surface area contributed by atoms with E-state index in [0.29, 0.717) is 22.0 Å². The molecule has 0 saturated heterocycles. The number of ether oxygens (including phenoxy) is 1. The van der Waals surface area contributed by atoms with Crippen LogP contribution in [0.3, 0.4) is 0 Å². The molecule has 2 N–H and O–H groups in total. The smallest absolute Gasteiger partial charge is 0.347 e. The van der Waals surface area contributed by atoms with E-state index in [1.807, 2.05) is 6.92 Å². The second-order valence-corrected chi connectivity index (χ2v) is 6.22. The highest BCUT2D eigenvalue weighted by Gasteiger charge is 2.29. The Morgan fingerprint density at radius 2 is 1.75 bits per heavy atom. The molecule has 0 fully saturated rings. The van der Waals surface area contributed by atoms with Gasteiger partial charge in [0.2, 0.25) is 0 Å². The highest BCUT2D eigenvalue weighted by Crippen LogP contribution is 2.24. The number of halogens is 1. The Morgan fingerprint density at radius 1 is 1.12 bits per heavy atom. The first-order valence-corrected chi connectivity index (χ1v) is 7.67. The number of hydrogen-bond acceptors (Lipinski definition) is 3. The zero-order chi connectivity index (χ0) is 17.9. The number of carboxylic acid groups (broad SMARTS) is 1. The van der Waals surface area contributed by atoms with E-state index < -0.39 is 11.6 Å². The Bertz CT molecular complexity index is 769. The van der Waals surface area contributed by atoms with Crippen molar-refractivity contribution in [2.75, 3.05) is 5.32 Å². The average Bonchev–Trinajstić information content (AvgIpc) is 2.52. The van der Waals surface area contributed by atoms with E-state index in [-0.39, 0.29) is 5.91 Å². The molecule has 0 radical (unpaired) electrons. The van der Waals surface area contributed by atoms with Crippen molar-refractivity contribution in [2.24, 2.45) is 0 Å². The van der Waals surface area contributed by atoms with Crippen LogP contribution in [-0.2, 0) is 4.79 Å². The minimum absolute atomic E-state index is 0.288. The van der Waals surface area contributed by atoms with Gasteiger partial charge >= 0.3 is 5.97 Å². The number of aliphatic carboxylic acids is 1. The lowest BCUT2D eigenvalue weighted by atomic mass is 10.1. The zero-order valence-corrected chi connectivity index (χ0v) is 14.3. The fourth-order valence-electron chi connectivity index (χ4n) is 1.95. The SMILES string of the molecule is Cc1c(Cl)cccc1NC(=O)c1ccc(OC(C)(C)C(=O)O)cc1. The van der Waals surface area contributed by atoms with Gasteiger partial charge in [-0.1, -0.05) is 17.7 Å². The second kappa shape index (κ2) is 6.93. The van der Waals surface area contributed by atoms with Crippen LogP contribution in [0.2, 0.25) is 5.02 Å². The van der Waals surface area contributed by atoms with E-state index in [4.69, 9.17) is 21.4 Å². The van der Waals surface area contributed by atoms with Crippen LogP contribution < -0.4 is 10.1 Å². The molecule has 0 aliphatic rings. The van der Waals surface area contributed by atoms with Gasteiger partial charge in [-0.15, -0.1) is 0 Å². The lowest BCUT2D eigenvalue weighted by molar-refractivity contribution is -0.152. The fourth-order valence-corrected chi connectivity index (χ4v) is 2.12. The third-order valence-electron chi connectivity index (χ3n) is 3.52. The molecule has 0 aliphatic carbocycles. The maximum atomic E-state index is 12.3. The van der Waals surface area contributed by atoms with Gasteiger partial charge in [0.05, 0.1) is 0 Å². The largest absolute Gasteiger partial charge is 0.478 e. The van der Waals surface area contributed by atoms with Gasteiger partial charge in [-0.05, 0) is 62.7 Å². The molecule has 24 heavy (non-hydrogen) atoms. The highest BCUT2D eigenvalue weighted by molar-refractivity contribution is 6.31. The van der Waals surface area contributed by atoms with E-state index >= 15 is 0 Å². The molecular weight excluding hydrogens is 330 g/mol. The number of carbonyl (C=O) groups excluding carboxylic acids is 1. The van der Waals surface area contributed by atoms with Crippen LogP contribution in [-0.4, -0.2) is 22.6 Å². The summed E-state index contributed by atoms with van der Waals surface area (Å²) in [5.41, 5.74) is 0.507.